The van der Waals surface area contributed by atoms with E-state index in [1.165, 1.54) is 40.3 Å². The van der Waals surface area contributed by atoms with Crippen LogP contribution in [0, 0.1) is 0 Å². The van der Waals surface area contributed by atoms with Crippen LogP contribution in [-0.4, -0.2) is 42.9 Å². The maximum Gasteiger partial charge on any atom is 0.337 e. The van der Waals surface area contributed by atoms with Crippen molar-refractivity contribution >= 4 is 23.0 Å². The van der Waals surface area contributed by atoms with Crippen molar-refractivity contribution in [2.45, 2.75) is 43.9 Å². The maximum atomic E-state index is 11.5. The molecule has 0 spiro atoms. The summed E-state index contributed by atoms with van der Waals surface area (Å²) < 4.78 is 5.51. The van der Waals surface area contributed by atoms with Gasteiger partial charge in [-0.05, 0) is 85.0 Å². The molecule has 1 aliphatic carbocycles. The zero-order valence-electron chi connectivity index (χ0n) is 20.2. The number of carboxylic acids is 1. The van der Waals surface area contributed by atoms with Crippen molar-refractivity contribution in [3.63, 3.8) is 0 Å². The lowest BCUT2D eigenvalue weighted by atomic mass is 9.82. The molecule has 1 fully saturated rings. The average Bonchev–Trinajstić information content (AvgIpc) is 2.92. The fourth-order valence-corrected chi connectivity index (χ4v) is 5.43. The molecule has 182 valence electrons. The molecule has 2 N–H and O–H groups in total. The molecule has 0 amide bonds. The van der Waals surface area contributed by atoms with Gasteiger partial charge in [0.25, 0.3) is 0 Å². The number of rotatable bonds is 7. The number of carboxylic acid groups (broad SMARTS) is 1. The molecular formula is C29H33N3O3. The van der Waals surface area contributed by atoms with Crippen LogP contribution in [0.3, 0.4) is 0 Å². The van der Waals surface area contributed by atoms with Crippen molar-refractivity contribution in [2.24, 2.45) is 0 Å². The number of aryl methyl sites for hydroxylation is 1. The fourth-order valence-electron chi connectivity index (χ4n) is 5.43. The lowest BCUT2D eigenvalue weighted by molar-refractivity contribution is 0.0697. The molecule has 1 aromatic heterocycles. The lowest BCUT2D eigenvalue weighted by Crippen LogP contribution is -2.20. The summed E-state index contributed by atoms with van der Waals surface area (Å²) in [4.78, 5) is 17.9. The van der Waals surface area contributed by atoms with Crippen molar-refractivity contribution in [2.75, 3.05) is 37.0 Å². The molecule has 3 aromatic rings. The number of aromatic carboxylic acids is 1. The number of hydrogen-bond acceptors (Lipinski definition) is 5. The van der Waals surface area contributed by atoms with Crippen LogP contribution in [0.15, 0.2) is 60.9 Å². The van der Waals surface area contributed by atoms with Gasteiger partial charge in [-0.25, -0.2) is 4.79 Å². The van der Waals surface area contributed by atoms with Gasteiger partial charge in [-0.3, -0.25) is 4.98 Å². The van der Waals surface area contributed by atoms with Crippen molar-refractivity contribution in [3.8, 4) is 0 Å². The van der Waals surface area contributed by atoms with Crippen LogP contribution in [0.1, 0.15) is 64.6 Å². The second-order valence-electron chi connectivity index (χ2n) is 9.62. The Bertz CT molecular complexity index is 1170. The highest BCUT2D eigenvalue weighted by atomic mass is 16.5. The van der Waals surface area contributed by atoms with E-state index in [-0.39, 0.29) is 5.56 Å². The second kappa shape index (κ2) is 10.5. The normalized spacial score (nSPS) is 18.0. The van der Waals surface area contributed by atoms with Crippen LogP contribution in [0.5, 0.6) is 0 Å². The average molecular weight is 472 g/mol. The fraction of sp³-hybridized carbons (Fsp3) is 0.379. The van der Waals surface area contributed by atoms with Gasteiger partial charge in [-0.1, -0.05) is 18.2 Å². The summed E-state index contributed by atoms with van der Waals surface area (Å²) in [7, 11) is 2.13. The van der Waals surface area contributed by atoms with E-state index in [9.17, 15) is 9.90 Å². The molecule has 1 saturated heterocycles. The molecular weight excluding hydrogens is 438 g/mol. The summed E-state index contributed by atoms with van der Waals surface area (Å²) in [5.41, 5.74) is 7.37. The molecule has 2 heterocycles. The number of benzene rings is 2. The van der Waals surface area contributed by atoms with Gasteiger partial charge in [0.1, 0.15) is 0 Å². The predicted octanol–water partition coefficient (Wildman–Crippen LogP) is 5.97. The maximum absolute atomic E-state index is 11.5. The van der Waals surface area contributed by atoms with Crippen LogP contribution in [-0.2, 0) is 11.2 Å². The molecule has 6 heteroatoms. The van der Waals surface area contributed by atoms with Gasteiger partial charge in [0.2, 0.25) is 0 Å². The quantitative estimate of drug-likeness (QED) is 0.442. The van der Waals surface area contributed by atoms with E-state index in [4.69, 9.17) is 4.74 Å². The summed E-state index contributed by atoms with van der Waals surface area (Å²) in [5, 5.41) is 12.8. The molecule has 35 heavy (non-hydrogen) atoms. The second-order valence-corrected chi connectivity index (χ2v) is 9.62. The first kappa shape index (κ1) is 23.4. The standard InChI is InChI=1S/C29H33N3O3/c1-32(24-7-5-20(6-8-24)21-12-15-35-16-13-21)25-9-10-26-22(17-25)3-2-4-23(26)18-31-28-19-30-14-11-27(28)29(33)34/h5-11,14,17,19,21,23,31H,2-4,12-13,15-16,18H2,1H3,(H,33,34)/t23-/m0/s1. The van der Waals surface area contributed by atoms with Gasteiger partial charge in [-0.15, -0.1) is 0 Å². The zero-order valence-corrected chi connectivity index (χ0v) is 20.2. The molecule has 5 rings (SSSR count). The molecule has 6 nitrogen and oxygen atoms in total. The van der Waals surface area contributed by atoms with Crippen molar-refractivity contribution < 1.29 is 14.6 Å². The molecule has 1 atom stereocenters. The van der Waals surface area contributed by atoms with E-state index in [2.05, 4.69) is 64.7 Å². The van der Waals surface area contributed by atoms with E-state index < -0.39 is 5.97 Å². The third-order valence-corrected chi connectivity index (χ3v) is 7.52. The SMILES string of the molecule is CN(c1ccc(C2CCOCC2)cc1)c1ccc2c(c1)CCC[C@H]2CNc1cnccc1C(=O)O. The monoisotopic (exact) mass is 471 g/mol. The zero-order chi connectivity index (χ0) is 24.2. The molecule has 2 aliphatic rings. The summed E-state index contributed by atoms with van der Waals surface area (Å²) in [6.45, 7) is 2.42. The Morgan fingerprint density at radius 3 is 2.63 bits per heavy atom. The van der Waals surface area contributed by atoms with Crippen LogP contribution in [0.4, 0.5) is 17.1 Å². The number of nitrogens with zero attached hydrogens (tertiary/aromatic N) is 2. The Hall–Kier alpha value is -3.38. The van der Waals surface area contributed by atoms with Crippen LogP contribution < -0.4 is 10.2 Å². The van der Waals surface area contributed by atoms with Gasteiger partial charge in [0, 0.05) is 50.3 Å². The molecule has 2 aromatic carbocycles. The molecule has 0 unspecified atom stereocenters. The van der Waals surface area contributed by atoms with E-state index >= 15 is 0 Å². The Balaban J connectivity index is 1.29. The van der Waals surface area contributed by atoms with Gasteiger partial charge < -0.3 is 20.1 Å². The minimum atomic E-state index is -0.938. The predicted molar refractivity (Wildman–Crippen MR) is 139 cm³/mol. The highest BCUT2D eigenvalue weighted by Crippen LogP contribution is 2.36. The highest BCUT2D eigenvalue weighted by Gasteiger charge is 2.22. The largest absolute Gasteiger partial charge is 0.478 e. The van der Waals surface area contributed by atoms with E-state index in [0.717, 1.165) is 45.3 Å². The Kier molecular flexibility index (Phi) is 7.00. The third-order valence-electron chi connectivity index (χ3n) is 7.52. The Morgan fingerprint density at radius 1 is 1.09 bits per heavy atom. The number of fused-ring (bicyclic) bond motifs is 1. The van der Waals surface area contributed by atoms with Gasteiger partial charge in [0.05, 0.1) is 17.4 Å². The van der Waals surface area contributed by atoms with Crippen molar-refractivity contribution in [1.82, 2.24) is 4.98 Å². The highest BCUT2D eigenvalue weighted by molar-refractivity contribution is 5.93. The minimum Gasteiger partial charge on any atom is -0.478 e. The summed E-state index contributed by atoms with van der Waals surface area (Å²) in [6.07, 6.45) is 8.61. The van der Waals surface area contributed by atoms with E-state index in [0.29, 0.717) is 24.1 Å². The summed E-state index contributed by atoms with van der Waals surface area (Å²) >= 11 is 0. The molecule has 0 saturated carbocycles. The Labute approximate surface area is 207 Å². The number of hydrogen-bond donors (Lipinski definition) is 2. The number of pyridine rings is 1. The number of aromatic nitrogens is 1. The minimum absolute atomic E-state index is 0.260. The van der Waals surface area contributed by atoms with Gasteiger partial charge in [0.15, 0.2) is 0 Å². The van der Waals surface area contributed by atoms with Crippen LogP contribution >= 0.6 is 0 Å². The first-order valence-corrected chi connectivity index (χ1v) is 12.6. The third kappa shape index (κ3) is 5.17. The van der Waals surface area contributed by atoms with E-state index in [1.54, 1.807) is 6.20 Å². The first-order chi connectivity index (χ1) is 17.1. The molecule has 0 bridgehead atoms. The molecule has 0 radical (unpaired) electrons. The van der Waals surface area contributed by atoms with Crippen molar-refractivity contribution in [3.05, 3.63) is 83.2 Å². The molecule has 1 aliphatic heterocycles. The van der Waals surface area contributed by atoms with Crippen molar-refractivity contribution in [1.29, 1.82) is 0 Å². The van der Waals surface area contributed by atoms with Crippen LogP contribution in [0.2, 0.25) is 0 Å². The van der Waals surface area contributed by atoms with Gasteiger partial charge in [-0.2, -0.15) is 0 Å². The van der Waals surface area contributed by atoms with Crippen LogP contribution in [0.25, 0.3) is 0 Å². The number of ether oxygens (including phenoxy) is 1. The number of nitrogens with one attached hydrogen (secondary N) is 1. The first-order valence-electron chi connectivity index (χ1n) is 12.6. The van der Waals surface area contributed by atoms with E-state index in [1.807, 2.05) is 0 Å². The lowest BCUT2D eigenvalue weighted by Gasteiger charge is -2.29. The van der Waals surface area contributed by atoms with Gasteiger partial charge >= 0.3 is 5.97 Å². The smallest absolute Gasteiger partial charge is 0.337 e. The number of anilines is 3. The summed E-state index contributed by atoms with van der Waals surface area (Å²) in [5.74, 6) is 0.0155. The number of carbonyl (C=O) groups is 1. The summed E-state index contributed by atoms with van der Waals surface area (Å²) in [6, 6.07) is 17.3. The Morgan fingerprint density at radius 2 is 1.86 bits per heavy atom. The topological polar surface area (TPSA) is 74.7 Å².